The van der Waals surface area contributed by atoms with Crippen molar-refractivity contribution in [2.45, 2.75) is 27.7 Å². The first kappa shape index (κ1) is 20.0. The SMILES string of the molecule is CC.CC.CNC(=O)Nc1cn2nc(Nc3ccccc3)ccc2n1. The van der Waals surface area contributed by atoms with E-state index in [1.807, 2.05) is 70.2 Å². The van der Waals surface area contributed by atoms with Gasteiger partial charge in [0.05, 0.1) is 6.20 Å². The largest absolute Gasteiger partial charge is 0.341 e. The minimum Gasteiger partial charge on any atom is -0.341 e. The average molecular weight is 342 g/mol. The van der Waals surface area contributed by atoms with Crippen LogP contribution < -0.4 is 16.0 Å². The number of imidazole rings is 1. The van der Waals surface area contributed by atoms with Gasteiger partial charge >= 0.3 is 6.03 Å². The topological polar surface area (TPSA) is 83.4 Å². The quantitative estimate of drug-likeness (QED) is 0.663. The van der Waals surface area contributed by atoms with Gasteiger partial charge in [-0.3, -0.25) is 5.32 Å². The Morgan fingerprint density at radius 3 is 2.28 bits per heavy atom. The number of hydrogen-bond donors (Lipinski definition) is 3. The summed E-state index contributed by atoms with van der Waals surface area (Å²) in [6, 6.07) is 13.1. The molecule has 0 aliphatic carbocycles. The van der Waals surface area contributed by atoms with Crippen molar-refractivity contribution >= 4 is 29.0 Å². The lowest BCUT2D eigenvalue weighted by Gasteiger charge is -2.04. The number of para-hydroxylation sites is 1. The molecule has 0 atom stereocenters. The number of aromatic nitrogens is 3. The van der Waals surface area contributed by atoms with E-state index in [1.165, 1.54) is 0 Å². The Labute approximate surface area is 148 Å². The summed E-state index contributed by atoms with van der Waals surface area (Å²) in [7, 11) is 1.55. The third kappa shape index (κ3) is 5.80. The monoisotopic (exact) mass is 342 g/mol. The minimum absolute atomic E-state index is 0.318. The second kappa shape index (κ2) is 10.6. The van der Waals surface area contributed by atoms with Crippen LogP contribution in [0.5, 0.6) is 0 Å². The molecule has 2 aromatic heterocycles. The zero-order chi connectivity index (χ0) is 18.7. The van der Waals surface area contributed by atoms with Crippen LogP contribution in [0.25, 0.3) is 5.65 Å². The van der Waals surface area contributed by atoms with Gasteiger partial charge in [-0.25, -0.2) is 14.3 Å². The Hall–Kier alpha value is -3.09. The van der Waals surface area contributed by atoms with Crippen molar-refractivity contribution in [1.29, 1.82) is 0 Å². The Kier molecular flexibility index (Phi) is 8.49. The maximum atomic E-state index is 11.3. The molecule has 25 heavy (non-hydrogen) atoms. The van der Waals surface area contributed by atoms with Gasteiger partial charge in [0, 0.05) is 12.7 Å². The van der Waals surface area contributed by atoms with Gasteiger partial charge < -0.3 is 10.6 Å². The predicted octanol–water partition coefficient (Wildman–Crippen LogP) is 4.28. The molecule has 0 spiro atoms. The van der Waals surface area contributed by atoms with Crippen LogP contribution in [0.4, 0.5) is 22.1 Å². The molecule has 0 unspecified atom stereocenters. The summed E-state index contributed by atoms with van der Waals surface area (Å²) in [4.78, 5) is 15.5. The van der Waals surface area contributed by atoms with Crippen LogP contribution in [0.15, 0.2) is 48.7 Å². The third-order valence-electron chi connectivity index (χ3n) is 2.83. The van der Waals surface area contributed by atoms with Crippen LogP contribution >= 0.6 is 0 Å². The highest BCUT2D eigenvalue weighted by Gasteiger charge is 2.06. The van der Waals surface area contributed by atoms with Crippen LogP contribution in [0, 0.1) is 0 Å². The fourth-order valence-corrected chi connectivity index (χ4v) is 1.86. The minimum atomic E-state index is -0.318. The van der Waals surface area contributed by atoms with Gasteiger partial charge in [-0.1, -0.05) is 45.9 Å². The lowest BCUT2D eigenvalue weighted by Crippen LogP contribution is -2.24. The zero-order valence-electron chi connectivity index (χ0n) is 15.4. The predicted molar refractivity (Wildman–Crippen MR) is 103 cm³/mol. The number of amides is 2. The maximum Gasteiger partial charge on any atom is 0.320 e. The number of carbonyl (C=O) groups excluding carboxylic acids is 1. The van der Waals surface area contributed by atoms with Crippen LogP contribution in [0.3, 0.4) is 0 Å². The van der Waals surface area contributed by atoms with Crippen molar-refractivity contribution in [3.8, 4) is 0 Å². The van der Waals surface area contributed by atoms with Crippen molar-refractivity contribution in [2.75, 3.05) is 17.7 Å². The highest BCUT2D eigenvalue weighted by atomic mass is 16.2. The fourth-order valence-electron chi connectivity index (χ4n) is 1.86. The van der Waals surface area contributed by atoms with E-state index in [-0.39, 0.29) is 6.03 Å². The summed E-state index contributed by atoms with van der Waals surface area (Å²) in [5.41, 5.74) is 1.60. The van der Waals surface area contributed by atoms with Crippen LogP contribution in [-0.4, -0.2) is 27.7 Å². The Bertz CT molecular complexity index is 770. The molecule has 0 radical (unpaired) electrons. The van der Waals surface area contributed by atoms with E-state index in [1.54, 1.807) is 17.8 Å². The molecule has 3 N–H and O–H groups in total. The van der Waals surface area contributed by atoms with Crippen LogP contribution in [0.1, 0.15) is 27.7 Å². The number of nitrogens with one attached hydrogen (secondary N) is 3. The normalized spacial score (nSPS) is 9.16. The Morgan fingerprint density at radius 2 is 1.64 bits per heavy atom. The first-order chi connectivity index (χ1) is 12.2. The number of anilines is 3. The fraction of sp³-hybridized carbons (Fsp3) is 0.278. The van der Waals surface area contributed by atoms with Gasteiger partial charge in [0.15, 0.2) is 17.3 Å². The number of benzene rings is 1. The van der Waals surface area contributed by atoms with Crippen molar-refractivity contribution in [2.24, 2.45) is 0 Å². The summed E-state index contributed by atoms with van der Waals surface area (Å²) < 4.78 is 1.61. The third-order valence-corrected chi connectivity index (χ3v) is 2.83. The molecule has 3 aromatic rings. The summed E-state index contributed by atoms with van der Waals surface area (Å²) >= 11 is 0. The van der Waals surface area contributed by atoms with E-state index in [0.29, 0.717) is 17.3 Å². The second-order valence-corrected chi connectivity index (χ2v) is 4.34. The average Bonchev–Trinajstić information content (AvgIpc) is 3.07. The maximum absolute atomic E-state index is 11.3. The van der Waals surface area contributed by atoms with Crippen molar-refractivity contribution in [3.05, 3.63) is 48.7 Å². The van der Waals surface area contributed by atoms with E-state index < -0.39 is 0 Å². The molecular formula is C18H26N6O. The van der Waals surface area contributed by atoms with Crippen LogP contribution in [-0.2, 0) is 0 Å². The summed E-state index contributed by atoms with van der Waals surface area (Å²) in [5.74, 6) is 1.14. The van der Waals surface area contributed by atoms with Gasteiger partial charge in [-0.2, -0.15) is 0 Å². The standard InChI is InChI=1S/C14H14N6O.2C2H6/c1-15-14(21)18-12-9-20-13(17-12)8-7-11(19-20)16-10-5-3-2-4-6-10;2*1-2/h2-9H,1H3,(H,16,19)(H2,15,18,21);2*1-2H3. The van der Waals surface area contributed by atoms with E-state index in [0.717, 1.165) is 5.69 Å². The number of rotatable bonds is 3. The molecule has 134 valence electrons. The van der Waals surface area contributed by atoms with Gasteiger partial charge in [0.1, 0.15) is 0 Å². The van der Waals surface area contributed by atoms with Crippen LogP contribution in [0.2, 0.25) is 0 Å². The molecule has 0 fully saturated rings. The smallest absolute Gasteiger partial charge is 0.320 e. The first-order valence-corrected chi connectivity index (χ1v) is 8.42. The van der Waals surface area contributed by atoms with E-state index in [9.17, 15) is 4.79 Å². The summed E-state index contributed by atoms with van der Waals surface area (Å²) in [6.45, 7) is 8.00. The van der Waals surface area contributed by atoms with Gasteiger partial charge in [0.25, 0.3) is 0 Å². The molecule has 0 saturated heterocycles. The summed E-state index contributed by atoms with van der Waals surface area (Å²) in [6.07, 6.45) is 1.65. The molecule has 0 bridgehead atoms. The van der Waals surface area contributed by atoms with Gasteiger partial charge in [-0.15, -0.1) is 5.10 Å². The van der Waals surface area contributed by atoms with Gasteiger partial charge in [0.2, 0.25) is 0 Å². The highest BCUT2D eigenvalue weighted by molar-refractivity contribution is 5.88. The number of fused-ring (bicyclic) bond motifs is 1. The molecule has 7 heteroatoms. The molecule has 2 heterocycles. The summed E-state index contributed by atoms with van der Waals surface area (Å²) in [5, 5.41) is 12.7. The lowest BCUT2D eigenvalue weighted by molar-refractivity contribution is 0.254. The van der Waals surface area contributed by atoms with Crippen molar-refractivity contribution in [1.82, 2.24) is 19.9 Å². The zero-order valence-corrected chi connectivity index (χ0v) is 15.4. The lowest BCUT2D eigenvalue weighted by atomic mass is 10.3. The molecule has 7 nitrogen and oxygen atoms in total. The second-order valence-electron chi connectivity index (χ2n) is 4.34. The molecular weight excluding hydrogens is 316 g/mol. The molecule has 3 rings (SSSR count). The molecule has 0 aliphatic heterocycles. The number of urea groups is 1. The molecule has 1 aromatic carbocycles. The Balaban J connectivity index is 0.000000730. The molecule has 0 saturated carbocycles. The number of nitrogens with zero attached hydrogens (tertiary/aromatic N) is 3. The van der Waals surface area contributed by atoms with E-state index >= 15 is 0 Å². The van der Waals surface area contributed by atoms with Crippen molar-refractivity contribution in [3.63, 3.8) is 0 Å². The number of hydrogen-bond acceptors (Lipinski definition) is 4. The number of carbonyl (C=O) groups is 1. The molecule has 0 aliphatic rings. The van der Waals surface area contributed by atoms with Gasteiger partial charge in [-0.05, 0) is 24.3 Å². The van der Waals surface area contributed by atoms with E-state index in [4.69, 9.17) is 0 Å². The van der Waals surface area contributed by atoms with E-state index in [2.05, 4.69) is 26.0 Å². The highest BCUT2D eigenvalue weighted by Crippen LogP contribution is 2.15. The first-order valence-electron chi connectivity index (χ1n) is 8.42. The van der Waals surface area contributed by atoms with Crippen molar-refractivity contribution < 1.29 is 4.79 Å². The Morgan fingerprint density at radius 1 is 0.960 bits per heavy atom. The molecule has 2 amide bonds.